The highest BCUT2D eigenvalue weighted by molar-refractivity contribution is 5.83. The summed E-state index contributed by atoms with van der Waals surface area (Å²) in [5.41, 5.74) is 0.354. The van der Waals surface area contributed by atoms with Crippen molar-refractivity contribution in [3.63, 3.8) is 0 Å². The van der Waals surface area contributed by atoms with Gasteiger partial charge in [0.1, 0.15) is 0 Å². The maximum Gasteiger partial charge on any atom is 0.226 e. The lowest BCUT2D eigenvalue weighted by Gasteiger charge is -2.59. The summed E-state index contributed by atoms with van der Waals surface area (Å²) in [6.45, 7) is 10.8. The Labute approximate surface area is 157 Å². The molecule has 0 aromatic rings. The molecule has 2 saturated heterocycles. The molecule has 2 amide bonds. The molecule has 6 fully saturated rings. The van der Waals surface area contributed by atoms with E-state index in [1.54, 1.807) is 0 Å². The second-order valence-electron chi connectivity index (χ2n) is 10.8. The van der Waals surface area contributed by atoms with Crippen molar-refractivity contribution in [3.05, 3.63) is 0 Å². The molecule has 0 radical (unpaired) electrons. The van der Waals surface area contributed by atoms with Gasteiger partial charge in [-0.05, 0) is 62.2 Å². The topological polar surface area (TPSA) is 40.6 Å². The van der Waals surface area contributed by atoms with Crippen molar-refractivity contribution < 1.29 is 9.59 Å². The Morgan fingerprint density at radius 2 is 1.65 bits per heavy atom. The zero-order valence-electron chi connectivity index (χ0n) is 16.8. The van der Waals surface area contributed by atoms with E-state index in [2.05, 4.69) is 37.5 Å². The van der Waals surface area contributed by atoms with Crippen LogP contribution < -0.4 is 0 Å². The van der Waals surface area contributed by atoms with Crippen molar-refractivity contribution >= 4 is 11.8 Å². The van der Waals surface area contributed by atoms with Crippen LogP contribution >= 0.6 is 0 Å². The third-order valence-electron chi connectivity index (χ3n) is 9.05. The van der Waals surface area contributed by atoms with Crippen LogP contribution in [0.15, 0.2) is 0 Å². The molecule has 0 aromatic heterocycles. The van der Waals surface area contributed by atoms with Crippen LogP contribution in [0.4, 0.5) is 0 Å². The van der Waals surface area contributed by atoms with Gasteiger partial charge in [-0.2, -0.15) is 0 Å². The Hall–Kier alpha value is -1.06. The minimum absolute atomic E-state index is 0.235. The van der Waals surface area contributed by atoms with Crippen LogP contribution in [0.3, 0.4) is 0 Å². The van der Waals surface area contributed by atoms with Gasteiger partial charge in [-0.15, -0.1) is 0 Å². The van der Waals surface area contributed by atoms with Gasteiger partial charge in [0.25, 0.3) is 0 Å². The number of hydrogen-bond acceptors (Lipinski definition) is 2. The van der Waals surface area contributed by atoms with E-state index in [9.17, 15) is 9.59 Å². The van der Waals surface area contributed by atoms with Crippen molar-refractivity contribution in [2.24, 2.45) is 40.9 Å². The fourth-order valence-corrected chi connectivity index (χ4v) is 7.04. The average Bonchev–Trinajstić information content (AvgIpc) is 3.07. The average molecular weight is 359 g/mol. The van der Waals surface area contributed by atoms with Gasteiger partial charge < -0.3 is 9.80 Å². The van der Waals surface area contributed by atoms with E-state index in [-0.39, 0.29) is 17.9 Å². The van der Waals surface area contributed by atoms with Gasteiger partial charge in [0, 0.05) is 36.9 Å². The molecule has 2 aliphatic heterocycles. The monoisotopic (exact) mass is 358 g/mol. The molecule has 4 nitrogen and oxygen atoms in total. The van der Waals surface area contributed by atoms with Gasteiger partial charge in [-0.1, -0.05) is 20.8 Å². The van der Waals surface area contributed by atoms with Gasteiger partial charge in [-0.3, -0.25) is 9.59 Å². The van der Waals surface area contributed by atoms with E-state index in [0.717, 1.165) is 38.3 Å². The first-order valence-corrected chi connectivity index (χ1v) is 10.9. The lowest BCUT2D eigenvalue weighted by Crippen LogP contribution is -2.56. The van der Waals surface area contributed by atoms with Crippen LogP contribution in [0.5, 0.6) is 0 Å². The molecule has 4 aliphatic carbocycles. The molecule has 0 spiro atoms. The molecule has 4 saturated carbocycles. The van der Waals surface area contributed by atoms with E-state index in [4.69, 9.17) is 0 Å². The number of rotatable bonds is 2. The molecule has 6 aliphatic rings. The van der Waals surface area contributed by atoms with Crippen LogP contribution in [-0.4, -0.2) is 46.8 Å². The number of carbonyl (C=O) groups excluding carboxylic acids is 2. The normalized spacial score (nSPS) is 48.2. The molecule has 6 rings (SSSR count). The highest BCUT2D eigenvalue weighted by Gasteiger charge is 2.58. The smallest absolute Gasteiger partial charge is 0.226 e. The molecule has 144 valence electrons. The predicted molar refractivity (Wildman–Crippen MR) is 100 cm³/mol. The number of fused-ring (bicyclic) bond motifs is 3. The first kappa shape index (κ1) is 17.1. The number of carbonyl (C=O) groups is 2. The summed E-state index contributed by atoms with van der Waals surface area (Å²) in [5, 5.41) is 0. The summed E-state index contributed by atoms with van der Waals surface area (Å²) in [4.78, 5) is 30.6. The molecular formula is C22H34N2O2. The summed E-state index contributed by atoms with van der Waals surface area (Å²) in [6, 6.07) is 0.628. The van der Waals surface area contributed by atoms with Crippen molar-refractivity contribution in [2.75, 3.05) is 13.1 Å². The van der Waals surface area contributed by atoms with Gasteiger partial charge in [0.2, 0.25) is 11.8 Å². The number of nitrogens with zero attached hydrogens (tertiary/aromatic N) is 2. The van der Waals surface area contributed by atoms with Gasteiger partial charge in [0.15, 0.2) is 0 Å². The summed E-state index contributed by atoms with van der Waals surface area (Å²) in [7, 11) is 0. The van der Waals surface area contributed by atoms with Crippen LogP contribution in [0.25, 0.3) is 0 Å². The van der Waals surface area contributed by atoms with Crippen molar-refractivity contribution in [1.29, 1.82) is 0 Å². The molecule has 0 aromatic carbocycles. The predicted octanol–water partition coefficient (Wildman–Crippen LogP) is 3.16. The Bertz CT molecular complexity index is 642. The Kier molecular flexibility index (Phi) is 3.60. The highest BCUT2D eigenvalue weighted by atomic mass is 16.2. The minimum Gasteiger partial charge on any atom is -0.340 e. The molecule has 0 N–H and O–H groups in total. The molecule has 2 heterocycles. The summed E-state index contributed by atoms with van der Waals surface area (Å²) < 4.78 is 0. The molecular weight excluding hydrogens is 324 g/mol. The van der Waals surface area contributed by atoms with E-state index in [1.807, 2.05) is 0 Å². The summed E-state index contributed by atoms with van der Waals surface area (Å²) >= 11 is 0. The van der Waals surface area contributed by atoms with Crippen LogP contribution in [-0.2, 0) is 9.59 Å². The van der Waals surface area contributed by atoms with Crippen LogP contribution in [0, 0.1) is 40.9 Å². The lowest BCUT2D eigenvalue weighted by molar-refractivity contribution is -0.157. The second-order valence-corrected chi connectivity index (χ2v) is 10.8. The van der Waals surface area contributed by atoms with E-state index in [1.165, 1.54) is 12.8 Å². The fourth-order valence-electron chi connectivity index (χ4n) is 7.04. The minimum atomic E-state index is 0.235. The first-order valence-electron chi connectivity index (χ1n) is 10.9. The second kappa shape index (κ2) is 5.48. The maximum atomic E-state index is 13.3. The van der Waals surface area contributed by atoms with Crippen LogP contribution in [0.1, 0.15) is 59.8 Å². The maximum absolute atomic E-state index is 13.3. The van der Waals surface area contributed by atoms with E-state index < -0.39 is 0 Å². The summed E-state index contributed by atoms with van der Waals surface area (Å²) in [6.07, 6.45) is 5.69. The van der Waals surface area contributed by atoms with Crippen molar-refractivity contribution in [3.8, 4) is 0 Å². The van der Waals surface area contributed by atoms with Gasteiger partial charge in [-0.25, -0.2) is 0 Å². The van der Waals surface area contributed by atoms with Crippen molar-refractivity contribution in [2.45, 2.75) is 71.9 Å². The SMILES string of the molecule is C[C@@H]1C[C@H]1C(=O)N1[C@@H](C)C[C@@H]2CN(C(=O)[C@@H]3CC[C@H]4C[C@@H]3C4(C)C)C[C@@H]21. The quantitative estimate of drug-likeness (QED) is 0.761. The molecule has 26 heavy (non-hydrogen) atoms. The number of hydrogen-bond donors (Lipinski definition) is 0. The zero-order valence-corrected chi connectivity index (χ0v) is 16.8. The Morgan fingerprint density at radius 1 is 0.923 bits per heavy atom. The van der Waals surface area contributed by atoms with E-state index >= 15 is 0 Å². The van der Waals surface area contributed by atoms with Crippen molar-refractivity contribution in [1.82, 2.24) is 9.80 Å². The molecule has 0 unspecified atom stereocenters. The summed E-state index contributed by atoms with van der Waals surface area (Å²) in [5.74, 6) is 3.73. The Balaban J connectivity index is 1.28. The van der Waals surface area contributed by atoms with Gasteiger partial charge in [0.05, 0.1) is 6.04 Å². The number of amides is 2. The highest BCUT2D eigenvalue weighted by Crippen LogP contribution is 2.61. The molecule has 2 bridgehead atoms. The largest absolute Gasteiger partial charge is 0.340 e. The Morgan fingerprint density at radius 3 is 2.27 bits per heavy atom. The molecule has 4 heteroatoms. The zero-order chi connectivity index (χ0) is 18.4. The van der Waals surface area contributed by atoms with Gasteiger partial charge >= 0.3 is 0 Å². The van der Waals surface area contributed by atoms with Crippen LogP contribution in [0.2, 0.25) is 0 Å². The third-order valence-corrected chi connectivity index (χ3v) is 9.05. The standard InChI is InChI=1S/C22H34N2O2/c1-12-7-17(12)21(26)24-13(2)8-14-10-23(11-19(14)24)20(25)16-6-5-15-9-18(16)22(15,3)4/h12-19H,5-11H2,1-4H3/t12-,13+,14-,15+,16-,17-,18+,19+/m1/s1. The fraction of sp³-hybridized carbons (Fsp3) is 0.909. The molecule has 8 atom stereocenters. The lowest BCUT2D eigenvalue weighted by atomic mass is 9.45. The van der Waals surface area contributed by atoms with E-state index in [0.29, 0.717) is 41.0 Å². The number of likely N-dealkylation sites (tertiary alicyclic amines) is 2. The first-order chi connectivity index (χ1) is 12.3. The third kappa shape index (κ3) is 2.26.